The molecule has 92 valence electrons. The van der Waals surface area contributed by atoms with Crippen LogP contribution < -0.4 is 5.32 Å². The van der Waals surface area contributed by atoms with Crippen LogP contribution in [0.4, 0.5) is 0 Å². The van der Waals surface area contributed by atoms with E-state index in [-0.39, 0.29) is 0 Å². The fourth-order valence-corrected chi connectivity index (χ4v) is 2.81. The zero-order chi connectivity index (χ0) is 12.4. The molecule has 3 nitrogen and oxygen atoms in total. The molecular formula is C14H15N3S. The van der Waals surface area contributed by atoms with E-state index in [9.17, 15) is 0 Å². The Bertz CT molecular complexity index is 640. The predicted molar refractivity (Wildman–Crippen MR) is 75.6 cm³/mol. The highest BCUT2D eigenvalue weighted by Crippen LogP contribution is 2.17. The van der Waals surface area contributed by atoms with Crippen LogP contribution in [-0.2, 0) is 20.1 Å². The second-order valence-corrected chi connectivity index (χ2v) is 5.10. The average molecular weight is 257 g/mol. The van der Waals surface area contributed by atoms with Crippen LogP contribution >= 0.6 is 11.3 Å². The molecule has 0 saturated carbocycles. The van der Waals surface area contributed by atoms with Crippen molar-refractivity contribution in [3.8, 4) is 0 Å². The van der Waals surface area contributed by atoms with E-state index >= 15 is 0 Å². The Kier molecular flexibility index (Phi) is 3.13. The van der Waals surface area contributed by atoms with Crippen LogP contribution in [0.2, 0.25) is 0 Å². The van der Waals surface area contributed by atoms with Crippen LogP contribution in [0.1, 0.15) is 11.3 Å². The quantitative estimate of drug-likeness (QED) is 0.779. The van der Waals surface area contributed by atoms with Gasteiger partial charge in [0.2, 0.25) is 0 Å². The van der Waals surface area contributed by atoms with Crippen molar-refractivity contribution in [1.29, 1.82) is 0 Å². The molecule has 18 heavy (non-hydrogen) atoms. The fourth-order valence-electron chi connectivity index (χ4n) is 2.14. The van der Waals surface area contributed by atoms with E-state index in [4.69, 9.17) is 0 Å². The summed E-state index contributed by atoms with van der Waals surface area (Å²) < 4.78 is 1.94. The molecule has 2 aromatic heterocycles. The molecule has 1 aromatic carbocycles. The van der Waals surface area contributed by atoms with Gasteiger partial charge in [-0.3, -0.25) is 4.68 Å². The minimum atomic E-state index is 0.803. The van der Waals surface area contributed by atoms with Gasteiger partial charge < -0.3 is 5.32 Å². The topological polar surface area (TPSA) is 29.9 Å². The van der Waals surface area contributed by atoms with Crippen LogP contribution in [0.3, 0.4) is 0 Å². The maximum atomic E-state index is 4.57. The van der Waals surface area contributed by atoms with E-state index in [0.717, 1.165) is 18.8 Å². The normalized spacial score (nSPS) is 11.2. The number of nitrogens with zero attached hydrogens (tertiary/aromatic N) is 2. The largest absolute Gasteiger partial charge is 0.307 e. The first-order valence-electron chi connectivity index (χ1n) is 5.97. The van der Waals surface area contributed by atoms with Gasteiger partial charge in [-0.15, -0.1) is 0 Å². The predicted octanol–water partition coefficient (Wildman–Crippen LogP) is 2.92. The summed E-state index contributed by atoms with van der Waals surface area (Å²) in [5, 5.41) is 13.5. The Morgan fingerprint density at radius 2 is 2.11 bits per heavy atom. The average Bonchev–Trinajstić information content (AvgIpc) is 3.00. The number of para-hydroxylation sites is 1. The monoisotopic (exact) mass is 257 g/mol. The van der Waals surface area contributed by atoms with Crippen molar-refractivity contribution in [2.45, 2.75) is 13.1 Å². The minimum absolute atomic E-state index is 0.803. The third-order valence-electron chi connectivity index (χ3n) is 3.04. The number of aryl methyl sites for hydroxylation is 1. The lowest BCUT2D eigenvalue weighted by Crippen LogP contribution is -2.12. The zero-order valence-corrected chi connectivity index (χ0v) is 11.1. The Labute approximate surface area is 110 Å². The summed E-state index contributed by atoms with van der Waals surface area (Å²) in [6, 6.07) is 10.5. The first kappa shape index (κ1) is 11.4. The Hall–Kier alpha value is -1.65. The molecule has 0 atom stereocenters. The van der Waals surface area contributed by atoms with Crippen molar-refractivity contribution >= 4 is 22.2 Å². The van der Waals surface area contributed by atoms with Crippen LogP contribution in [0.25, 0.3) is 10.9 Å². The molecule has 3 aromatic rings. The molecule has 1 N–H and O–H groups in total. The van der Waals surface area contributed by atoms with Gasteiger partial charge in [0.25, 0.3) is 0 Å². The Morgan fingerprint density at radius 1 is 1.22 bits per heavy atom. The highest BCUT2D eigenvalue weighted by molar-refractivity contribution is 7.07. The summed E-state index contributed by atoms with van der Waals surface area (Å²) in [5.41, 5.74) is 3.63. The fraction of sp³-hybridized carbons (Fsp3) is 0.214. The van der Waals surface area contributed by atoms with Crippen LogP contribution in [0.15, 0.2) is 41.1 Å². The van der Waals surface area contributed by atoms with Gasteiger partial charge in [0.1, 0.15) is 0 Å². The maximum Gasteiger partial charge on any atom is 0.0841 e. The molecule has 0 aliphatic heterocycles. The van der Waals surface area contributed by atoms with E-state index in [1.165, 1.54) is 16.5 Å². The lowest BCUT2D eigenvalue weighted by molar-refractivity contribution is 0.663. The zero-order valence-electron chi connectivity index (χ0n) is 10.3. The molecule has 2 heterocycles. The van der Waals surface area contributed by atoms with Gasteiger partial charge in [0, 0.05) is 25.5 Å². The molecule has 4 heteroatoms. The SMILES string of the molecule is Cn1nc(CNCc2ccsc2)c2ccccc21. The van der Waals surface area contributed by atoms with Crippen molar-refractivity contribution in [3.05, 3.63) is 52.3 Å². The summed E-state index contributed by atoms with van der Waals surface area (Å²) in [6.07, 6.45) is 0. The Morgan fingerprint density at radius 3 is 2.94 bits per heavy atom. The maximum absolute atomic E-state index is 4.57. The van der Waals surface area contributed by atoms with E-state index in [2.05, 4.69) is 45.4 Å². The van der Waals surface area contributed by atoms with Crippen molar-refractivity contribution in [3.63, 3.8) is 0 Å². The van der Waals surface area contributed by atoms with Crippen molar-refractivity contribution in [2.24, 2.45) is 7.05 Å². The highest BCUT2D eigenvalue weighted by atomic mass is 32.1. The van der Waals surface area contributed by atoms with Crippen molar-refractivity contribution < 1.29 is 0 Å². The van der Waals surface area contributed by atoms with Crippen LogP contribution in [0.5, 0.6) is 0 Å². The smallest absolute Gasteiger partial charge is 0.0841 e. The number of nitrogens with one attached hydrogen (secondary N) is 1. The molecule has 0 unspecified atom stereocenters. The summed E-state index contributed by atoms with van der Waals surface area (Å²) in [5.74, 6) is 0. The molecule has 0 bridgehead atoms. The van der Waals surface area contributed by atoms with Crippen molar-refractivity contribution in [1.82, 2.24) is 15.1 Å². The van der Waals surface area contributed by atoms with Gasteiger partial charge in [-0.05, 0) is 28.5 Å². The number of thiophene rings is 1. The number of benzene rings is 1. The number of hydrogen-bond acceptors (Lipinski definition) is 3. The first-order valence-corrected chi connectivity index (χ1v) is 6.91. The van der Waals surface area contributed by atoms with E-state index in [1.807, 2.05) is 17.8 Å². The number of rotatable bonds is 4. The molecule has 0 spiro atoms. The Balaban J connectivity index is 1.75. The van der Waals surface area contributed by atoms with Crippen molar-refractivity contribution in [2.75, 3.05) is 0 Å². The van der Waals surface area contributed by atoms with Gasteiger partial charge in [0.05, 0.1) is 11.2 Å². The lowest BCUT2D eigenvalue weighted by atomic mass is 10.2. The van der Waals surface area contributed by atoms with E-state index in [0.29, 0.717) is 0 Å². The first-order chi connectivity index (χ1) is 8.84. The van der Waals surface area contributed by atoms with Gasteiger partial charge in [0.15, 0.2) is 0 Å². The summed E-state index contributed by atoms with van der Waals surface area (Å²) >= 11 is 1.73. The minimum Gasteiger partial charge on any atom is -0.307 e. The lowest BCUT2D eigenvalue weighted by Gasteiger charge is -2.00. The standard InChI is InChI=1S/C14H15N3S/c1-17-14-5-3-2-4-12(14)13(16-17)9-15-8-11-6-7-18-10-11/h2-7,10,15H,8-9H2,1H3. The molecule has 0 radical (unpaired) electrons. The second-order valence-electron chi connectivity index (χ2n) is 4.32. The molecular weight excluding hydrogens is 242 g/mol. The van der Waals surface area contributed by atoms with Gasteiger partial charge in [-0.2, -0.15) is 16.4 Å². The number of hydrogen-bond donors (Lipinski definition) is 1. The second kappa shape index (κ2) is 4.92. The summed E-state index contributed by atoms with van der Waals surface area (Å²) in [4.78, 5) is 0. The van der Waals surface area contributed by atoms with Crippen LogP contribution in [0, 0.1) is 0 Å². The molecule has 0 fully saturated rings. The summed E-state index contributed by atoms with van der Waals surface area (Å²) in [6.45, 7) is 1.70. The number of fused-ring (bicyclic) bond motifs is 1. The third-order valence-corrected chi connectivity index (χ3v) is 3.77. The van der Waals surface area contributed by atoms with Gasteiger partial charge in [-0.1, -0.05) is 18.2 Å². The molecule has 0 saturated heterocycles. The summed E-state index contributed by atoms with van der Waals surface area (Å²) in [7, 11) is 1.99. The molecule has 3 rings (SSSR count). The van der Waals surface area contributed by atoms with Crippen LogP contribution in [-0.4, -0.2) is 9.78 Å². The molecule has 0 aliphatic carbocycles. The molecule has 0 aliphatic rings. The molecule has 0 amide bonds. The highest BCUT2D eigenvalue weighted by Gasteiger charge is 2.06. The van der Waals surface area contributed by atoms with E-state index < -0.39 is 0 Å². The van der Waals surface area contributed by atoms with E-state index in [1.54, 1.807) is 11.3 Å². The van der Waals surface area contributed by atoms with Gasteiger partial charge >= 0.3 is 0 Å². The number of aromatic nitrogens is 2. The third kappa shape index (κ3) is 2.17. The van der Waals surface area contributed by atoms with Gasteiger partial charge in [-0.25, -0.2) is 0 Å².